The standard InChI is InChI=1S/C16H28N2/c1-5-16(6-2,12-17)13-18(4)11-15-9-7-14(3)8-10-15/h7-10H,5-6,11-13,17H2,1-4H3. The van der Waals surface area contributed by atoms with Crippen molar-refractivity contribution in [1.82, 2.24) is 4.90 Å². The molecule has 0 aliphatic carbocycles. The first-order valence-electron chi connectivity index (χ1n) is 6.99. The second-order valence-electron chi connectivity index (χ2n) is 5.57. The highest BCUT2D eigenvalue weighted by molar-refractivity contribution is 5.21. The molecule has 0 fully saturated rings. The molecule has 0 aromatic heterocycles. The summed E-state index contributed by atoms with van der Waals surface area (Å²) in [5.41, 5.74) is 8.94. The Kier molecular flexibility index (Phi) is 5.83. The lowest BCUT2D eigenvalue weighted by molar-refractivity contribution is 0.162. The molecule has 0 spiro atoms. The molecular formula is C16H28N2. The summed E-state index contributed by atoms with van der Waals surface area (Å²) >= 11 is 0. The van der Waals surface area contributed by atoms with E-state index in [2.05, 4.69) is 57.0 Å². The van der Waals surface area contributed by atoms with Gasteiger partial charge in [-0.25, -0.2) is 0 Å². The van der Waals surface area contributed by atoms with E-state index in [0.717, 1.165) is 32.5 Å². The van der Waals surface area contributed by atoms with Crippen molar-refractivity contribution in [2.24, 2.45) is 11.1 Å². The summed E-state index contributed by atoms with van der Waals surface area (Å²) in [5, 5.41) is 0. The summed E-state index contributed by atoms with van der Waals surface area (Å²) in [6.45, 7) is 9.47. The SMILES string of the molecule is CCC(CC)(CN)CN(C)Cc1ccc(C)cc1. The average Bonchev–Trinajstić information content (AvgIpc) is 2.39. The maximum atomic E-state index is 5.96. The van der Waals surface area contributed by atoms with E-state index < -0.39 is 0 Å². The Morgan fingerprint density at radius 1 is 1.11 bits per heavy atom. The highest BCUT2D eigenvalue weighted by Crippen LogP contribution is 2.26. The van der Waals surface area contributed by atoms with Crippen LogP contribution in [-0.4, -0.2) is 25.0 Å². The van der Waals surface area contributed by atoms with E-state index in [-0.39, 0.29) is 5.41 Å². The maximum absolute atomic E-state index is 5.96. The molecular weight excluding hydrogens is 220 g/mol. The number of benzene rings is 1. The van der Waals surface area contributed by atoms with E-state index in [0.29, 0.717) is 0 Å². The van der Waals surface area contributed by atoms with E-state index in [4.69, 9.17) is 5.73 Å². The minimum Gasteiger partial charge on any atom is -0.330 e. The second kappa shape index (κ2) is 6.91. The van der Waals surface area contributed by atoms with Gasteiger partial charge in [0.2, 0.25) is 0 Å². The fourth-order valence-electron chi connectivity index (χ4n) is 2.46. The highest BCUT2D eigenvalue weighted by atomic mass is 15.1. The third-order valence-corrected chi connectivity index (χ3v) is 4.11. The first-order chi connectivity index (χ1) is 8.55. The molecule has 102 valence electrons. The van der Waals surface area contributed by atoms with Crippen LogP contribution in [0.2, 0.25) is 0 Å². The minimum atomic E-state index is 0.277. The van der Waals surface area contributed by atoms with Gasteiger partial charge >= 0.3 is 0 Å². The van der Waals surface area contributed by atoms with Crippen LogP contribution >= 0.6 is 0 Å². The molecule has 2 nitrogen and oxygen atoms in total. The van der Waals surface area contributed by atoms with Crippen LogP contribution in [-0.2, 0) is 6.54 Å². The van der Waals surface area contributed by atoms with Crippen molar-refractivity contribution >= 4 is 0 Å². The average molecular weight is 248 g/mol. The molecule has 0 aliphatic heterocycles. The van der Waals surface area contributed by atoms with Crippen molar-refractivity contribution in [3.8, 4) is 0 Å². The lowest BCUT2D eigenvalue weighted by Crippen LogP contribution is -2.40. The molecule has 0 amide bonds. The van der Waals surface area contributed by atoms with Crippen molar-refractivity contribution in [2.75, 3.05) is 20.1 Å². The summed E-state index contributed by atoms with van der Waals surface area (Å²) < 4.78 is 0. The zero-order chi connectivity index (χ0) is 13.6. The highest BCUT2D eigenvalue weighted by Gasteiger charge is 2.25. The molecule has 0 aliphatic rings. The van der Waals surface area contributed by atoms with Crippen LogP contribution in [0.1, 0.15) is 37.8 Å². The summed E-state index contributed by atoms with van der Waals surface area (Å²) in [7, 11) is 2.19. The lowest BCUT2D eigenvalue weighted by Gasteiger charge is -2.34. The number of nitrogens with zero attached hydrogens (tertiary/aromatic N) is 1. The zero-order valence-corrected chi connectivity index (χ0v) is 12.4. The van der Waals surface area contributed by atoms with Crippen molar-refractivity contribution in [2.45, 2.75) is 40.2 Å². The van der Waals surface area contributed by atoms with Gasteiger partial charge in [-0.1, -0.05) is 43.7 Å². The number of hydrogen-bond acceptors (Lipinski definition) is 2. The van der Waals surface area contributed by atoms with Crippen molar-refractivity contribution in [3.05, 3.63) is 35.4 Å². The fourth-order valence-corrected chi connectivity index (χ4v) is 2.46. The van der Waals surface area contributed by atoms with Gasteiger partial charge < -0.3 is 10.6 Å². The Morgan fingerprint density at radius 3 is 2.11 bits per heavy atom. The van der Waals surface area contributed by atoms with E-state index in [1.54, 1.807) is 0 Å². The van der Waals surface area contributed by atoms with Crippen LogP contribution in [0.3, 0.4) is 0 Å². The molecule has 2 N–H and O–H groups in total. The lowest BCUT2D eigenvalue weighted by atomic mass is 9.82. The van der Waals surface area contributed by atoms with E-state index in [9.17, 15) is 0 Å². The van der Waals surface area contributed by atoms with Gasteiger partial charge in [0.25, 0.3) is 0 Å². The third kappa shape index (κ3) is 4.11. The Balaban J connectivity index is 2.60. The van der Waals surface area contributed by atoms with Gasteiger partial charge in [-0.05, 0) is 44.3 Å². The molecule has 18 heavy (non-hydrogen) atoms. The summed E-state index contributed by atoms with van der Waals surface area (Å²) in [6.07, 6.45) is 2.30. The summed E-state index contributed by atoms with van der Waals surface area (Å²) in [5.74, 6) is 0. The predicted octanol–water partition coefficient (Wildman–Crippen LogP) is 3.19. The Morgan fingerprint density at radius 2 is 1.67 bits per heavy atom. The van der Waals surface area contributed by atoms with Crippen LogP contribution in [0.5, 0.6) is 0 Å². The molecule has 1 aromatic rings. The Hall–Kier alpha value is -0.860. The number of aryl methyl sites for hydroxylation is 1. The van der Waals surface area contributed by atoms with Crippen molar-refractivity contribution < 1.29 is 0 Å². The molecule has 0 heterocycles. The van der Waals surface area contributed by atoms with Crippen LogP contribution in [0, 0.1) is 12.3 Å². The number of nitrogens with two attached hydrogens (primary N) is 1. The van der Waals surface area contributed by atoms with Crippen LogP contribution in [0.25, 0.3) is 0 Å². The molecule has 1 rings (SSSR count). The molecule has 0 atom stereocenters. The van der Waals surface area contributed by atoms with Crippen LogP contribution in [0.15, 0.2) is 24.3 Å². The van der Waals surface area contributed by atoms with Crippen molar-refractivity contribution in [3.63, 3.8) is 0 Å². The molecule has 0 radical (unpaired) electrons. The van der Waals surface area contributed by atoms with Crippen LogP contribution < -0.4 is 5.73 Å². The van der Waals surface area contributed by atoms with E-state index in [1.165, 1.54) is 11.1 Å². The van der Waals surface area contributed by atoms with E-state index >= 15 is 0 Å². The third-order valence-electron chi connectivity index (χ3n) is 4.11. The predicted molar refractivity (Wildman–Crippen MR) is 79.6 cm³/mol. The quantitative estimate of drug-likeness (QED) is 0.803. The summed E-state index contributed by atoms with van der Waals surface area (Å²) in [6, 6.07) is 8.79. The normalized spacial score (nSPS) is 12.1. The molecule has 0 saturated carbocycles. The van der Waals surface area contributed by atoms with E-state index in [1.807, 2.05) is 0 Å². The largest absolute Gasteiger partial charge is 0.330 e. The Labute approximate surface area is 112 Å². The minimum absolute atomic E-state index is 0.277. The molecule has 2 heteroatoms. The maximum Gasteiger partial charge on any atom is 0.0230 e. The molecule has 0 saturated heterocycles. The van der Waals surface area contributed by atoms with Gasteiger partial charge in [-0.3, -0.25) is 0 Å². The Bertz CT molecular complexity index is 330. The van der Waals surface area contributed by atoms with Gasteiger partial charge in [0.05, 0.1) is 0 Å². The summed E-state index contributed by atoms with van der Waals surface area (Å²) in [4.78, 5) is 2.39. The first-order valence-corrected chi connectivity index (χ1v) is 6.99. The van der Waals surface area contributed by atoms with Crippen LogP contribution in [0.4, 0.5) is 0 Å². The number of hydrogen-bond donors (Lipinski definition) is 1. The topological polar surface area (TPSA) is 29.3 Å². The number of rotatable bonds is 7. The molecule has 0 bridgehead atoms. The fraction of sp³-hybridized carbons (Fsp3) is 0.625. The molecule has 0 unspecified atom stereocenters. The van der Waals surface area contributed by atoms with Gasteiger partial charge in [-0.15, -0.1) is 0 Å². The van der Waals surface area contributed by atoms with Gasteiger partial charge in [-0.2, -0.15) is 0 Å². The van der Waals surface area contributed by atoms with Crippen molar-refractivity contribution in [1.29, 1.82) is 0 Å². The second-order valence-corrected chi connectivity index (χ2v) is 5.57. The zero-order valence-electron chi connectivity index (χ0n) is 12.4. The van der Waals surface area contributed by atoms with Gasteiger partial charge in [0.15, 0.2) is 0 Å². The van der Waals surface area contributed by atoms with Gasteiger partial charge in [0.1, 0.15) is 0 Å². The first kappa shape index (κ1) is 15.2. The smallest absolute Gasteiger partial charge is 0.0230 e. The molecule has 1 aromatic carbocycles. The van der Waals surface area contributed by atoms with Gasteiger partial charge in [0, 0.05) is 13.1 Å². The monoisotopic (exact) mass is 248 g/mol.